The van der Waals surface area contributed by atoms with Crippen molar-refractivity contribution in [2.24, 2.45) is 11.5 Å². The van der Waals surface area contributed by atoms with Gasteiger partial charge in [0.25, 0.3) is 0 Å². The lowest BCUT2D eigenvalue weighted by Gasteiger charge is -2.35. The zero-order chi connectivity index (χ0) is 14.0. The highest BCUT2D eigenvalue weighted by atomic mass is 79.9. The molecule has 0 aromatic heterocycles. The van der Waals surface area contributed by atoms with Crippen LogP contribution in [0.2, 0.25) is 0 Å². The molecule has 5 heteroatoms. The van der Waals surface area contributed by atoms with Crippen LogP contribution in [0.25, 0.3) is 0 Å². The van der Waals surface area contributed by atoms with Crippen molar-refractivity contribution in [1.29, 1.82) is 0 Å². The average molecular weight is 326 g/mol. The molecule has 4 N–H and O–H groups in total. The number of nitrogens with zero attached hydrogens (tertiary/aromatic N) is 1. The predicted molar refractivity (Wildman–Crippen MR) is 79.5 cm³/mol. The first kappa shape index (κ1) is 14.5. The standard InChI is InChI=1S/C14H20BrN3O/c1-9(16)13(10-5-2-3-6-11(10)15)18-8-4-7-12(18)14(17)19/h2-3,5-6,9,12-13H,4,7-8,16H2,1H3,(H2,17,19). The van der Waals surface area contributed by atoms with Gasteiger partial charge in [-0.3, -0.25) is 9.69 Å². The third kappa shape index (κ3) is 2.99. The van der Waals surface area contributed by atoms with Gasteiger partial charge in [0.15, 0.2) is 0 Å². The Morgan fingerprint density at radius 2 is 2.16 bits per heavy atom. The van der Waals surface area contributed by atoms with Gasteiger partial charge in [0.05, 0.1) is 12.1 Å². The summed E-state index contributed by atoms with van der Waals surface area (Å²) < 4.78 is 1.02. The Bertz CT molecular complexity index is 464. The minimum Gasteiger partial charge on any atom is -0.368 e. The third-order valence-electron chi connectivity index (χ3n) is 3.70. The summed E-state index contributed by atoms with van der Waals surface area (Å²) in [7, 11) is 0. The highest BCUT2D eigenvalue weighted by Gasteiger charge is 2.37. The third-order valence-corrected chi connectivity index (χ3v) is 4.42. The lowest BCUT2D eigenvalue weighted by atomic mass is 9.98. The largest absolute Gasteiger partial charge is 0.368 e. The van der Waals surface area contributed by atoms with E-state index in [0.717, 1.165) is 29.4 Å². The van der Waals surface area contributed by atoms with E-state index in [1.165, 1.54) is 0 Å². The number of carbonyl (C=O) groups excluding carboxylic acids is 1. The van der Waals surface area contributed by atoms with E-state index in [0.29, 0.717) is 0 Å². The molecule has 3 atom stereocenters. The second kappa shape index (κ2) is 6.03. The lowest BCUT2D eigenvalue weighted by molar-refractivity contribution is -0.123. The summed E-state index contributed by atoms with van der Waals surface area (Å²) in [6.45, 7) is 2.83. The molecule has 1 fully saturated rings. The maximum Gasteiger partial charge on any atom is 0.234 e. The van der Waals surface area contributed by atoms with E-state index in [9.17, 15) is 4.79 Å². The minimum atomic E-state index is -0.254. The average Bonchev–Trinajstić information content (AvgIpc) is 2.80. The maximum atomic E-state index is 11.6. The first-order valence-electron chi connectivity index (χ1n) is 6.57. The van der Waals surface area contributed by atoms with Crippen molar-refractivity contribution in [1.82, 2.24) is 4.90 Å². The molecule has 19 heavy (non-hydrogen) atoms. The number of halogens is 1. The SMILES string of the molecule is CC(N)C(c1ccccc1Br)N1CCCC1C(N)=O. The van der Waals surface area contributed by atoms with Crippen LogP contribution in [0.5, 0.6) is 0 Å². The van der Waals surface area contributed by atoms with Crippen LogP contribution in [0.15, 0.2) is 28.7 Å². The molecule has 0 spiro atoms. The fourth-order valence-electron chi connectivity index (χ4n) is 2.91. The van der Waals surface area contributed by atoms with Gasteiger partial charge in [-0.2, -0.15) is 0 Å². The highest BCUT2D eigenvalue weighted by Crippen LogP contribution is 2.34. The molecule has 1 aromatic carbocycles. The molecule has 104 valence electrons. The summed E-state index contributed by atoms with van der Waals surface area (Å²) in [5.41, 5.74) is 12.8. The van der Waals surface area contributed by atoms with Crippen molar-refractivity contribution in [2.75, 3.05) is 6.54 Å². The van der Waals surface area contributed by atoms with Gasteiger partial charge in [-0.15, -0.1) is 0 Å². The molecule has 0 saturated carbocycles. The quantitative estimate of drug-likeness (QED) is 0.886. The Morgan fingerprint density at radius 3 is 2.74 bits per heavy atom. The molecule has 2 rings (SSSR count). The Morgan fingerprint density at radius 1 is 1.47 bits per heavy atom. The predicted octanol–water partition coefficient (Wildman–Crippen LogP) is 1.79. The molecule has 0 aliphatic carbocycles. The minimum absolute atomic E-state index is 0.00979. The van der Waals surface area contributed by atoms with E-state index in [-0.39, 0.29) is 24.0 Å². The zero-order valence-electron chi connectivity index (χ0n) is 11.1. The Labute approximate surface area is 122 Å². The van der Waals surface area contributed by atoms with Crippen molar-refractivity contribution >= 4 is 21.8 Å². The Balaban J connectivity index is 2.36. The number of hydrogen-bond donors (Lipinski definition) is 2. The summed E-state index contributed by atoms with van der Waals surface area (Å²) >= 11 is 3.57. The molecule has 4 nitrogen and oxygen atoms in total. The fourth-order valence-corrected chi connectivity index (χ4v) is 3.43. The summed E-state index contributed by atoms with van der Waals surface area (Å²) in [5, 5.41) is 0. The number of nitrogens with two attached hydrogens (primary N) is 2. The number of hydrogen-bond acceptors (Lipinski definition) is 3. The van der Waals surface area contributed by atoms with Crippen LogP contribution in [0.4, 0.5) is 0 Å². The van der Waals surface area contributed by atoms with E-state index in [1.807, 2.05) is 25.1 Å². The van der Waals surface area contributed by atoms with Crippen LogP contribution in [0.1, 0.15) is 31.4 Å². The number of rotatable bonds is 4. The topological polar surface area (TPSA) is 72.3 Å². The first-order valence-corrected chi connectivity index (χ1v) is 7.36. The van der Waals surface area contributed by atoms with Gasteiger partial charge in [-0.1, -0.05) is 34.1 Å². The number of amides is 1. The number of primary amides is 1. The van der Waals surface area contributed by atoms with Gasteiger partial charge < -0.3 is 11.5 Å². The summed E-state index contributed by atoms with van der Waals surface area (Å²) in [4.78, 5) is 13.7. The Hall–Kier alpha value is -0.910. The van der Waals surface area contributed by atoms with Gasteiger partial charge in [-0.05, 0) is 37.9 Å². The molecule has 0 bridgehead atoms. The monoisotopic (exact) mass is 325 g/mol. The zero-order valence-corrected chi connectivity index (χ0v) is 12.6. The van der Waals surface area contributed by atoms with Crippen LogP contribution in [0.3, 0.4) is 0 Å². The van der Waals surface area contributed by atoms with Crippen molar-refractivity contribution in [3.63, 3.8) is 0 Å². The fraction of sp³-hybridized carbons (Fsp3) is 0.500. The molecular formula is C14H20BrN3O. The summed E-state index contributed by atoms with van der Waals surface area (Å²) in [5.74, 6) is -0.254. The second-order valence-corrected chi connectivity index (χ2v) is 5.98. The van der Waals surface area contributed by atoms with Crippen molar-refractivity contribution in [2.45, 2.75) is 37.9 Å². The summed E-state index contributed by atoms with van der Waals surface area (Å²) in [6, 6.07) is 7.75. The highest BCUT2D eigenvalue weighted by molar-refractivity contribution is 9.10. The van der Waals surface area contributed by atoms with E-state index in [1.54, 1.807) is 0 Å². The van der Waals surface area contributed by atoms with Gasteiger partial charge in [0.2, 0.25) is 5.91 Å². The van der Waals surface area contributed by atoms with Crippen LogP contribution in [-0.4, -0.2) is 29.4 Å². The van der Waals surface area contributed by atoms with E-state index in [4.69, 9.17) is 11.5 Å². The first-order chi connectivity index (χ1) is 9.02. The molecular weight excluding hydrogens is 306 g/mol. The van der Waals surface area contributed by atoms with Crippen molar-refractivity contribution in [3.8, 4) is 0 Å². The Kier molecular flexibility index (Phi) is 4.60. The van der Waals surface area contributed by atoms with Gasteiger partial charge in [0, 0.05) is 10.5 Å². The molecule has 1 aliphatic heterocycles. The smallest absolute Gasteiger partial charge is 0.234 e. The molecule has 1 saturated heterocycles. The van der Waals surface area contributed by atoms with Crippen molar-refractivity contribution < 1.29 is 4.79 Å². The number of carbonyl (C=O) groups is 1. The summed E-state index contributed by atoms with van der Waals surface area (Å²) in [6.07, 6.45) is 1.81. The van der Waals surface area contributed by atoms with Crippen molar-refractivity contribution in [3.05, 3.63) is 34.3 Å². The molecule has 3 unspecified atom stereocenters. The second-order valence-electron chi connectivity index (χ2n) is 5.12. The maximum absolute atomic E-state index is 11.6. The normalized spacial score (nSPS) is 23.2. The van der Waals surface area contributed by atoms with E-state index in [2.05, 4.69) is 26.9 Å². The van der Waals surface area contributed by atoms with Crippen LogP contribution < -0.4 is 11.5 Å². The molecule has 1 aromatic rings. The molecule has 1 aliphatic rings. The lowest BCUT2D eigenvalue weighted by Crippen LogP contribution is -2.47. The van der Waals surface area contributed by atoms with Crippen LogP contribution in [-0.2, 0) is 4.79 Å². The van der Waals surface area contributed by atoms with Gasteiger partial charge >= 0.3 is 0 Å². The number of likely N-dealkylation sites (tertiary alicyclic amines) is 1. The van der Waals surface area contributed by atoms with E-state index < -0.39 is 0 Å². The van der Waals surface area contributed by atoms with Crippen LogP contribution >= 0.6 is 15.9 Å². The van der Waals surface area contributed by atoms with Crippen LogP contribution in [0, 0.1) is 0 Å². The van der Waals surface area contributed by atoms with Gasteiger partial charge in [-0.25, -0.2) is 0 Å². The van der Waals surface area contributed by atoms with Gasteiger partial charge in [0.1, 0.15) is 0 Å². The molecule has 0 radical (unpaired) electrons. The molecule has 1 heterocycles. The molecule has 1 amide bonds. The van der Waals surface area contributed by atoms with E-state index >= 15 is 0 Å². The number of benzene rings is 1.